The lowest BCUT2D eigenvalue weighted by Gasteiger charge is -2.42. The monoisotopic (exact) mass is 496 g/mol. The van der Waals surface area contributed by atoms with Crippen LogP contribution in [0.2, 0.25) is 0 Å². The third-order valence-electron chi connectivity index (χ3n) is 8.14. The van der Waals surface area contributed by atoms with Crippen molar-refractivity contribution in [3.05, 3.63) is 47.8 Å². The van der Waals surface area contributed by atoms with E-state index in [1.165, 1.54) is 25.9 Å². The first-order valence-electron chi connectivity index (χ1n) is 12.9. The van der Waals surface area contributed by atoms with Crippen molar-refractivity contribution in [2.45, 2.75) is 62.4 Å². The van der Waals surface area contributed by atoms with Crippen LogP contribution >= 0.6 is 0 Å². The number of hydrogen-bond acceptors (Lipinski definition) is 4. The van der Waals surface area contributed by atoms with Crippen LogP contribution in [-0.4, -0.2) is 68.4 Å². The van der Waals surface area contributed by atoms with Crippen molar-refractivity contribution in [3.63, 3.8) is 0 Å². The van der Waals surface area contributed by atoms with Crippen molar-refractivity contribution in [2.75, 3.05) is 32.4 Å². The van der Waals surface area contributed by atoms with Gasteiger partial charge in [0.05, 0.1) is 5.52 Å². The Hall–Kier alpha value is -1.93. The molecular formula is C28H37FN4OS. The fourth-order valence-electron chi connectivity index (χ4n) is 5.97. The Balaban J connectivity index is 1.30. The number of benzene rings is 2. The lowest BCUT2D eigenvalue weighted by molar-refractivity contribution is 0.0753. The Bertz CT molecular complexity index is 1160. The molecule has 2 aromatic carbocycles. The summed E-state index contributed by atoms with van der Waals surface area (Å²) in [5.74, 6) is 0.908. The van der Waals surface area contributed by atoms with Gasteiger partial charge in [0.15, 0.2) is 4.90 Å². The second-order valence-corrected chi connectivity index (χ2v) is 11.9. The van der Waals surface area contributed by atoms with Crippen molar-refractivity contribution in [1.82, 2.24) is 19.4 Å². The predicted octanol–water partition coefficient (Wildman–Crippen LogP) is 5.17. The molecule has 2 saturated heterocycles. The highest BCUT2D eigenvalue weighted by Gasteiger charge is 2.30. The first-order valence-corrected chi connectivity index (χ1v) is 14.5. The number of nitrogens with zero attached hydrogens (tertiary/aromatic N) is 4. The molecule has 0 radical (unpaired) electrons. The SMILES string of the molecule is CC(C)N1CCC(N2CCC(c3cc(F)c4c(c3)nc(-c3ccc([S+](C)[O-])cc3)n4C)CC2)CC1. The Morgan fingerprint density at radius 3 is 2.26 bits per heavy atom. The molecule has 0 N–H and O–H groups in total. The number of hydrogen-bond donors (Lipinski definition) is 0. The number of likely N-dealkylation sites (tertiary alicyclic amines) is 2. The summed E-state index contributed by atoms with van der Waals surface area (Å²) in [6.45, 7) is 9.16. The van der Waals surface area contributed by atoms with E-state index in [1.807, 2.05) is 35.9 Å². The number of halogens is 1. The third-order valence-corrected chi connectivity index (χ3v) is 9.07. The maximum absolute atomic E-state index is 15.3. The molecule has 1 atom stereocenters. The average Bonchev–Trinajstić information content (AvgIpc) is 3.21. The molecule has 3 heterocycles. The number of rotatable bonds is 5. The van der Waals surface area contributed by atoms with Gasteiger partial charge in [-0.2, -0.15) is 0 Å². The van der Waals surface area contributed by atoms with Crippen molar-refractivity contribution in [3.8, 4) is 11.4 Å². The molecule has 2 aliphatic heterocycles. The fourth-order valence-corrected chi connectivity index (χ4v) is 6.49. The van der Waals surface area contributed by atoms with E-state index < -0.39 is 11.2 Å². The summed E-state index contributed by atoms with van der Waals surface area (Å²) in [5, 5.41) is 0. The molecule has 2 aliphatic rings. The number of aromatic nitrogens is 2. The summed E-state index contributed by atoms with van der Waals surface area (Å²) in [6.07, 6.45) is 6.33. The number of imidazole rings is 1. The molecule has 0 amide bonds. The fraction of sp³-hybridized carbons (Fsp3) is 0.536. The minimum Gasteiger partial charge on any atom is -0.612 e. The van der Waals surface area contributed by atoms with Crippen LogP contribution in [0.5, 0.6) is 0 Å². The van der Waals surface area contributed by atoms with Crippen LogP contribution in [0.15, 0.2) is 41.3 Å². The van der Waals surface area contributed by atoms with Gasteiger partial charge in [-0.05, 0) is 125 Å². The zero-order valence-corrected chi connectivity index (χ0v) is 22.2. The summed E-state index contributed by atoms with van der Waals surface area (Å²) in [5.41, 5.74) is 3.23. The van der Waals surface area contributed by atoms with E-state index in [0.29, 0.717) is 29.0 Å². The Morgan fingerprint density at radius 1 is 1.00 bits per heavy atom. The Labute approximate surface area is 211 Å². The van der Waals surface area contributed by atoms with Crippen LogP contribution in [-0.2, 0) is 18.2 Å². The van der Waals surface area contributed by atoms with Gasteiger partial charge >= 0.3 is 0 Å². The van der Waals surface area contributed by atoms with Gasteiger partial charge in [0.1, 0.15) is 23.4 Å². The lowest BCUT2D eigenvalue weighted by Crippen LogP contribution is -2.48. The first-order chi connectivity index (χ1) is 16.8. The van der Waals surface area contributed by atoms with Gasteiger partial charge in [0.2, 0.25) is 0 Å². The minimum absolute atomic E-state index is 0.200. The van der Waals surface area contributed by atoms with Gasteiger partial charge in [-0.15, -0.1) is 0 Å². The molecule has 188 valence electrons. The van der Waals surface area contributed by atoms with E-state index in [4.69, 9.17) is 4.98 Å². The molecule has 0 aliphatic carbocycles. The van der Waals surface area contributed by atoms with E-state index in [0.717, 1.165) is 47.8 Å². The third kappa shape index (κ3) is 5.01. The molecule has 35 heavy (non-hydrogen) atoms. The summed E-state index contributed by atoms with van der Waals surface area (Å²) in [7, 11) is 1.86. The number of piperidine rings is 2. The summed E-state index contributed by atoms with van der Waals surface area (Å²) < 4.78 is 28.9. The van der Waals surface area contributed by atoms with E-state index in [-0.39, 0.29) is 5.82 Å². The van der Waals surface area contributed by atoms with Crippen molar-refractivity contribution >= 4 is 22.2 Å². The van der Waals surface area contributed by atoms with Crippen molar-refractivity contribution in [1.29, 1.82) is 0 Å². The maximum Gasteiger partial charge on any atom is 0.152 e. The summed E-state index contributed by atoms with van der Waals surface area (Å²) >= 11 is -1.02. The molecule has 0 spiro atoms. The van der Waals surface area contributed by atoms with E-state index in [9.17, 15) is 4.55 Å². The highest BCUT2D eigenvalue weighted by atomic mass is 32.2. The second kappa shape index (κ2) is 10.2. The van der Waals surface area contributed by atoms with E-state index in [2.05, 4.69) is 29.7 Å². The van der Waals surface area contributed by atoms with Gasteiger partial charge in [0.25, 0.3) is 0 Å². The van der Waals surface area contributed by atoms with Gasteiger partial charge < -0.3 is 18.9 Å². The Morgan fingerprint density at radius 2 is 1.66 bits per heavy atom. The first kappa shape index (κ1) is 24.8. The van der Waals surface area contributed by atoms with Crippen LogP contribution in [0.1, 0.15) is 51.0 Å². The molecular weight excluding hydrogens is 459 g/mol. The summed E-state index contributed by atoms with van der Waals surface area (Å²) in [6, 6.07) is 12.7. The van der Waals surface area contributed by atoms with Crippen LogP contribution in [0.4, 0.5) is 4.39 Å². The predicted molar refractivity (Wildman–Crippen MR) is 142 cm³/mol. The van der Waals surface area contributed by atoms with Crippen LogP contribution < -0.4 is 0 Å². The average molecular weight is 497 g/mol. The Kier molecular flexibility index (Phi) is 7.22. The second-order valence-electron chi connectivity index (χ2n) is 10.5. The number of aryl methyl sites for hydroxylation is 1. The van der Waals surface area contributed by atoms with Crippen molar-refractivity contribution < 1.29 is 8.94 Å². The van der Waals surface area contributed by atoms with Gasteiger partial charge in [-0.3, -0.25) is 0 Å². The molecule has 0 saturated carbocycles. The largest absolute Gasteiger partial charge is 0.612 e. The minimum atomic E-state index is -1.02. The molecule has 5 nitrogen and oxygen atoms in total. The zero-order valence-electron chi connectivity index (χ0n) is 21.3. The highest BCUT2D eigenvalue weighted by Crippen LogP contribution is 2.34. The number of fused-ring (bicyclic) bond motifs is 1. The van der Waals surface area contributed by atoms with Gasteiger partial charge in [-0.25, -0.2) is 9.37 Å². The molecule has 7 heteroatoms. The molecule has 0 bridgehead atoms. The van der Waals surface area contributed by atoms with Gasteiger partial charge in [0, 0.05) is 24.7 Å². The van der Waals surface area contributed by atoms with Crippen LogP contribution in [0.3, 0.4) is 0 Å². The molecule has 5 rings (SSSR count). The topological polar surface area (TPSA) is 47.4 Å². The standard InChI is InChI=1S/C28H37FN4OS/c1-19(2)32-15-11-23(12-16-32)33-13-9-20(10-14-33)22-17-25(29)27-26(18-22)30-28(31(27)3)21-5-7-24(8-6-21)35(4)34/h5-8,17-20,23H,9-16H2,1-4H3. The summed E-state index contributed by atoms with van der Waals surface area (Å²) in [4.78, 5) is 10.9. The maximum atomic E-state index is 15.3. The van der Waals surface area contributed by atoms with Crippen LogP contribution in [0.25, 0.3) is 22.4 Å². The molecule has 1 unspecified atom stereocenters. The molecule has 2 fully saturated rings. The quantitative estimate of drug-likeness (QED) is 0.457. The zero-order chi connectivity index (χ0) is 24.7. The smallest absolute Gasteiger partial charge is 0.152 e. The normalized spacial score (nSPS) is 20.2. The highest BCUT2D eigenvalue weighted by molar-refractivity contribution is 7.90. The van der Waals surface area contributed by atoms with Crippen LogP contribution in [0, 0.1) is 5.82 Å². The van der Waals surface area contributed by atoms with Gasteiger partial charge in [-0.1, -0.05) is 0 Å². The van der Waals surface area contributed by atoms with E-state index in [1.54, 1.807) is 12.3 Å². The molecule has 3 aromatic rings. The molecule has 1 aromatic heterocycles. The van der Waals surface area contributed by atoms with E-state index >= 15 is 4.39 Å². The van der Waals surface area contributed by atoms with Crippen molar-refractivity contribution in [2.24, 2.45) is 7.05 Å². The lowest BCUT2D eigenvalue weighted by atomic mass is 9.87.